The number of rotatable bonds is 6. The summed E-state index contributed by atoms with van der Waals surface area (Å²) in [5.74, 6) is 0.498. The fourth-order valence-electron chi connectivity index (χ4n) is 2.32. The van der Waals surface area contributed by atoms with Crippen LogP contribution in [0.2, 0.25) is 0 Å². The smallest absolute Gasteiger partial charge is 0.321 e. The Hall–Kier alpha value is -3.02. The molecule has 2 aromatic carbocycles. The number of urea groups is 1. The molecule has 25 heavy (non-hydrogen) atoms. The highest BCUT2D eigenvalue weighted by Gasteiger charge is 2.10. The Morgan fingerprint density at radius 1 is 1.04 bits per heavy atom. The molecule has 0 aliphatic carbocycles. The minimum atomic E-state index is -0.937. The molecule has 6 heteroatoms. The summed E-state index contributed by atoms with van der Waals surface area (Å²) in [5.41, 5.74) is 2.87. The second kappa shape index (κ2) is 8.19. The number of aryl methyl sites for hydroxylation is 2. The zero-order valence-electron chi connectivity index (χ0n) is 14.6. The highest BCUT2D eigenvalue weighted by Crippen LogP contribution is 2.25. The minimum absolute atomic E-state index is 0.0907. The summed E-state index contributed by atoms with van der Waals surface area (Å²) in [6.07, 6.45) is -0.0907. The highest BCUT2D eigenvalue weighted by molar-refractivity contribution is 5.89. The molecular formula is C19H22N2O4. The number of aliphatic carboxylic acids is 1. The molecule has 0 unspecified atom stereocenters. The van der Waals surface area contributed by atoms with Crippen molar-refractivity contribution in [2.24, 2.45) is 0 Å². The van der Waals surface area contributed by atoms with Crippen LogP contribution < -0.4 is 10.1 Å². The molecular weight excluding hydrogens is 320 g/mol. The maximum absolute atomic E-state index is 12.0. The number of amides is 2. The molecule has 0 aliphatic heterocycles. The number of nitrogens with zero attached hydrogens (tertiary/aromatic N) is 1. The van der Waals surface area contributed by atoms with E-state index in [1.54, 1.807) is 31.3 Å². The molecule has 0 saturated carbocycles. The lowest BCUT2D eigenvalue weighted by Gasteiger charge is -2.17. The predicted molar refractivity (Wildman–Crippen MR) is 96.3 cm³/mol. The van der Waals surface area contributed by atoms with Crippen LogP contribution in [-0.2, 0) is 4.79 Å². The van der Waals surface area contributed by atoms with Gasteiger partial charge in [0.25, 0.3) is 0 Å². The fourth-order valence-corrected chi connectivity index (χ4v) is 2.32. The van der Waals surface area contributed by atoms with Gasteiger partial charge in [0, 0.05) is 19.3 Å². The van der Waals surface area contributed by atoms with Crippen LogP contribution in [0.3, 0.4) is 0 Å². The fraction of sp³-hybridized carbons (Fsp3) is 0.263. The van der Waals surface area contributed by atoms with E-state index in [9.17, 15) is 9.59 Å². The maximum atomic E-state index is 12.0. The van der Waals surface area contributed by atoms with Crippen LogP contribution in [0.15, 0.2) is 42.5 Å². The number of hydrogen-bond acceptors (Lipinski definition) is 3. The number of anilines is 1. The molecule has 6 nitrogen and oxygen atoms in total. The van der Waals surface area contributed by atoms with Crippen LogP contribution in [0.1, 0.15) is 17.5 Å². The van der Waals surface area contributed by atoms with E-state index >= 15 is 0 Å². The van der Waals surface area contributed by atoms with Crippen molar-refractivity contribution in [3.8, 4) is 11.5 Å². The van der Waals surface area contributed by atoms with E-state index in [1.165, 1.54) is 4.90 Å². The van der Waals surface area contributed by atoms with Crippen molar-refractivity contribution >= 4 is 17.7 Å². The summed E-state index contributed by atoms with van der Waals surface area (Å²) in [5, 5.41) is 11.4. The van der Waals surface area contributed by atoms with Gasteiger partial charge in [0.2, 0.25) is 0 Å². The van der Waals surface area contributed by atoms with Crippen LogP contribution >= 0.6 is 0 Å². The Bertz CT molecular complexity index is 736. The number of nitrogens with one attached hydrogen (secondary N) is 1. The van der Waals surface area contributed by atoms with E-state index in [0.29, 0.717) is 11.4 Å². The van der Waals surface area contributed by atoms with Crippen LogP contribution in [-0.4, -0.2) is 35.6 Å². The van der Waals surface area contributed by atoms with Crippen LogP contribution in [0.5, 0.6) is 11.5 Å². The Morgan fingerprint density at radius 2 is 1.64 bits per heavy atom. The minimum Gasteiger partial charge on any atom is -0.481 e. The third-order valence-electron chi connectivity index (χ3n) is 3.54. The average molecular weight is 342 g/mol. The van der Waals surface area contributed by atoms with Gasteiger partial charge in [0.15, 0.2) is 0 Å². The third-order valence-corrected chi connectivity index (χ3v) is 3.54. The van der Waals surface area contributed by atoms with Gasteiger partial charge in [0.05, 0.1) is 6.42 Å². The van der Waals surface area contributed by atoms with Gasteiger partial charge >= 0.3 is 12.0 Å². The predicted octanol–water partition coefficient (Wildman–Crippen LogP) is 4.03. The standard InChI is InChI=1S/C19H22N2O4/c1-13-10-14(2)12-17(11-13)25-16-6-4-15(5-7-16)20-19(24)21(3)9-8-18(22)23/h4-7,10-12H,8-9H2,1-3H3,(H,20,24)(H,22,23). The number of carboxylic acids is 1. The van der Waals surface area contributed by atoms with E-state index in [4.69, 9.17) is 9.84 Å². The second-order valence-electron chi connectivity index (χ2n) is 5.95. The van der Waals surface area contributed by atoms with E-state index in [1.807, 2.05) is 26.0 Å². The first kappa shape index (κ1) is 18.3. The van der Waals surface area contributed by atoms with Gasteiger partial charge in [0.1, 0.15) is 11.5 Å². The van der Waals surface area contributed by atoms with E-state index in [0.717, 1.165) is 16.9 Å². The van der Waals surface area contributed by atoms with Crippen molar-refractivity contribution in [2.45, 2.75) is 20.3 Å². The first-order valence-corrected chi connectivity index (χ1v) is 7.93. The zero-order valence-corrected chi connectivity index (χ0v) is 14.6. The van der Waals surface area contributed by atoms with Gasteiger partial charge < -0.3 is 20.1 Å². The average Bonchev–Trinajstić information content (AvgIpc) is 2.53. The topological polar surface area (TPSA) is 78.9 Å². The monoisotopic (exact) mass is 342 g/mol. The lowest BCUT2D eigenvalue weighted by atomic mass is 10.1. The van der Waals surface area contributed by atoms with Crippen molar-refractivity contribution < 1.29 is 19.4 Å². The van der Waals surface area contributed by atoms with Crippen LogP contribution in [0.4, 0.5) is 10.5 Å². The number of ether oxygens (including phenoxy) is 1. The lowest BCUT2D eigenvalue weighted by molar-refractivity contribution is -0.137. The molecule has 2 N–H and O–H groups in total. The molecule has 0 heterocycles. The summed E-state index contributed by atoms with van der Waals surface area (Å²) in [7, 11) is 1.55. The molecule has 0 atom stereocenters. The van der Waals surface area contributed by atoms with E-state index < -0.39 is 5.97 Å². The molecule has 132 valence electrons. The Balaban J connectivity index is 1.95. The van der Waals surface area contributed by atoms with Crippen LogP contribution in [0, 0.1) is 13.8 Å². The molecule has 0 aliphatic rings. The second-order valence-corrected chi connectivity index (χ2v) is 5.95. The highest BCUT2D eigenvalue weighted by atomic mass is 16.5. The normalized spacial score (nSPS) is 10.2. The summed E-state index contributed by atoms with van der Waals surface area (Å²) in [6, 6.07) is 12.6. The molecule has 0 aromatic heterocycles. The number of benzene rings is 2. The lowest BCUT2D eigenvalue weighted by Crippen LogP contribution is -2.33. The Labute approximate surface area is 147 Å². The van der Waals surface area contributed by atoms with Crippen molar-refractivity contribution in [3.63, 3.8) is 0 Å². The SMILES string of the molecule is Cc1cc(C)cc(Oc2ccc(NC(=O)N(C)CCC(=O)O)cc2)c1. The summed E-state index contributed by atoms with van der Waals surface area (Å²) in [4.78, 5) is 23.8. The van der Waals surface area contributed by atoms with Crippen molar-refractivity contribution in [2.75, 3.05) is 18.9 Å². The molecule has 2 aromatic rings. The molecule has 0 saturated heterocycles. The molecule has 0 spiro atoms. The maximum Gasteiger partial charge on any atom is 0.321 e. The third kappa shape index (κ3) is 5.84. The summed E-state index contributed by atoms with van der Waals surface area (Å²) in [6.45, 7) is 4.17. The number of carbonyl (C=O) groups is 2. The quantitative estimate of drug-likeness (QED) is 0.830. The van der Waals surface area contributed by atoms with Gasteiger partial charge in [-0.05, 0) is 61.4 Å². The van der Waals surface area contributed by atoms with Gasteiger partial charge in [-0.3, -0.25) is 4.79 Å². The zero-order chi connectivity index (χ0) is 18.4. The van der Waals surface area contributed by atoms with Crippen molar-refractivity contribution in [1.82, 2.24) is 4.90 Å². The molecule has 0 fully saturated rings. The largest absolute Gasteiger partial charge is 0.481 e. The van der Waals surface area contributed by atoms with Crippen LogP contribution in [0.25, 0.3) is 0 Å². The van der Waals surface area contributed by atoms with Crippen molar-refractivity contribution in [1.29, 1.82) is 0 Å². The number of carbonyl (C=O) groups excluding carboxylic acids is 1. The molecule has 2 rings (SSSR count). The molecule has 0 bridgehead atoms. The van der Waals surface area contributed by atoms with E-state index in [-0.39, 0.29) is 19.0 Å². The van der Waals surface area contributed by atoms with Gasteiger partial charge in [-0.25, -0.2) is 4.79 Å². The Kier molecular flexibility index (Phi) is 6.00. The first-order chi connectivity index (χ1) is 11.8. The van der Waals surface area contributed by atoms with Gasteiger partial charge in [-0.15, -0.1) is 0 Å². The van der Waals surface area contributed by atoms with E-state index in [2.05, 4.69) is 11.4 Å². The summed E-state index contributed by atoms with van der Waals surface area (Å²) < 4.78 is 5.82. The molecule has 2 amide bonds. The Morgan fingerprint density at radius 3 is 2.20 bits per heavy atom. The van der Waals surface area contributed by atoms with Crippen molar-refractivity contribution in [3.05, 3.63) is 53.6 Å². The van der Waals surface area contributed by atoms with Gasteiger partial charge in [-0.2, -0.15) is 0 Å². The number of carboxylic acid groups (broad SMARTS) is 1. The van der Waals surface area contributed by atoms with Gasteiger partial charge in [-0.1, -0.05) is 6.07 Å². The molecule has 0 radical (unpaired) electrons. The number of hydrogen-bond donors (Lipinski definition) is 2. The summed E-state index contributed by atoms with van der Waals surface area (Å²) >= 11 is 0. The first-order valence-electron chi connectivity index (χ1n) is 7.93.